The highest BCUT2D eigenvalue weighted by atomic mass is 35.5. The van der Waals surface area contributed by atoms with Crippen LogP contribution in [0, 0.1) is 0 Å². The standard InChI is InChI=1S/C8H14N2.ClH/c1-2-3-4-5-8-9-6-7-10-8;/h6-7H,2-5H2,1H3,(H,9,10);1H. The fourth-order valence-electron chi connectivity index (χ4n) is 0.977. The van der Waals surface area contributed by atoms with Crippen molar-refractivity contribution < 1.29 is 0 Å². The zero-order valence-electron chi connectivity index (χ0n) is 6.84. The molecule has 1 heterocycles. The minimum absolute atomic E-state index is 0. The van der Waals surface area contributed by atoms with Crippen molar-refractivity contribution in [1.82, 2.24) is 9.97 Å². The highest BCUT2D eigenvalue weighted by molar-refractivity contribution is 5.85. The maximum absolute atomic E-state index is 4.13. The zero-order valence-corrected chi connectivity index (χ0v) is 7.66. The Bertz CT molecular complexity index is 161. The number of H-pyrrole nitrogens is 1. The van der Waals surface area contributed by atoms with Crippen LogP contribution in [0.3, 0.4) is 0 Å². The van der Waals surface area contributed by atoms with E-state index < -0.39 is 0 Å². The van der Waals surface area contributed by atoms with Crippen LogP contribution in [0.5, 0.6) is 0 Å². The number of aryl methyl sites for hydroxylation is 1. The molecule has 0 amide bonds. The van der Waals surface area contributed by atoms with Gasteiger partial charge in [0.2, 0.25) is 0 Å². The molecule has 0 aliphatic carbocycles. The van der Waals surface area contributed by atoms with E-state index in [1.807, 2.05) is 6.20 Å². The lowest BCUT2D eigenvalue weighted by Crippen LogP contribution is -1.86. The van der Waals surface area contributed by atoms with Crippen molar-refractivity contribution in [2.75, 3.05) is 0 Å². The van der Waals surface area contributed by atoms with E-state index in [1.165, 1.54) is 19.3 Å². The van der Waals surface area contributed by atoms with Crippen molar-refractivity contribution in [2.45, 2.75) is 32.6 Å². The van der Waals surface area contributed by atoms with E-state index in [4.69, 9.17) is 0 Å². The molecule has 0 aliphatic rings. The minimum atomic E-state index is 0. The van der Waals surface area contributed by atoms with Crippen molar-refractivity contribution in [2.24, 2.45) is 0 Å². The van der Waals surface area contributed by atoms with Crippen molar-refractivity contribution >= 4 is 12.4 Å². The number of nitrogens with one attached hydrogen (secondary N) is 1. The monoisotopic (exact) mass is 174 g/mol. The molecule has 0 aliphatic heterocycles. The molecule has 0 saturated carbocycles. The first kappa shape index (κ1) is 10.5. The molecule has 0 bridgehead atoms. The van der Waals surface area contributed by atoms with Gasteiger partial charge in [-0.1, -0.05) is 19.8 Å². The highest BCUT2D eigenvalue weighted by Gasteiger charge is 1.91. The van der Waals surface area contributed by atoms with Crippen LogP contribution < -0.4 is 0 Å². The molecule has 0 aromatic carbocycles. The van der Waals surface area contributed by atoms with Gasteiger partial charge in [0.1, 0.15) is 5.82 Å². The quantitative estimate of drug-likeness (QED) is 0.699. The maximum atomic E-state index is 4.13. The van der Waals surface area contributed by atoms with Crippen LogP contribution in [-0.2, 0) is 6.42 Å². The second-order valence-corrected chi connectivity index (χ2v) is 2.49. The van der Waals surface area contributed by atoms with Gasteiger partial charge in [-0.05, 0) is 6.42 Å². The molecule has 1 rings (SSSR count). The second-order valence-electron chi connectivity index (χ2n) is 2.49. The smallest absolute Gasteiger partial charge is 0.105 e. The second kappa shape index (κ2) is 6.23. The number of imidazole rings is 1. The van der Waals surface area contributed by atoms with Crippen LogP contribution in [0.2, 0.25) is 0 Å². The van der Waals surface area contributed by atoms with Crippen molar-refractivity contribution in [3.63, 3.8) is 0 Å². The molecule has 0 saturated heterocycles. The summed E-state index contributed by atoms with van der Waals surface area (Å²) in [6.45, 7) is 2.21. The molecule has 11 heavy (non-hydrogen) atoms. The average Bonchev–Trinajstić information content (AvgIpc) is 2.41. The normalized spacial score (nSPS) is 9.18. The number of rotatable bonds is 4. The van der Waals surface area contributed by atoms with Gasteiger partial charge >= 0.3 is 0 Å². The molecule has 0 fully saturated rings. The molecule has 64 valence electrons. The van der Waals surface area contributed by atoms with Crippen molar-refractivity contribution in [3.05, 3.63) is 18.2 Å². The highest BCUT2D eigenvalue weighted by Crippen LogP contribution is 2.00. The summed E-state index contributed by atoms with van der Waals surface area (Å²) in [4.78, 5) is 7.22. The van der Waals surface area contributed by atoms with Gasteiger partial charge in [0.05, 0.1) is 0 Å². The summed E-state index contributed by atoms with van der Waals surface area (Å²) in [5.41, 5.74) is 0. The summed E-state index contributed by atoms with van der Waals surface area (Å²) >= 11 is 0. The number of nitrogens with zero attached hydrogens (tertiary/aromatic N) is 1. The lowest BCUT2D eigenvalue weighted by atomic mass is 10.2. The van der Waals surface area contributed by atoms with E-state index in [2.05, 4.69) is 16.9 Å². The van der Waals surface area contributed by atoms with E-state index in [9.17, 15) is 0 Å². The van der Waals surface area contributed by atoms with Crippen LogP contribution in [0.4, 0.5) is 0 Å². The summed E-state index contributed by atoms with van der Waals surface area (Å²) in [7, 11) is 0. The Morgan fingerprint density at radius 2 is 2.27 bits per heavy atom. The molecule has 1 N–H and O–H groups in total. The number of hydrogen-bond acceptors (Lipinski definition) is 1. The molecular formula is C8H15ClN2. The number of aromatic nitrogens is 2. The topological polar surface area (TPSA) is 28.7 Å². The Morgan fingerprint density at radius 3 is 2.82 bits per heavy atom. The molecule has 0 unspecified atom stereocenters. The van der Waals surface area contributed by atoms with Crippen LogP contribution in [0.25, 0.3) is 0 Å². The predicted octanol–water partition coefficient (Wildman–Crippen LogP) is 2.56. The third kappa shape index (κ3) is 4.04. The number of halogens is 1. The summed E-state index contributed by atoms with van der Waals surface area (Å²) in [6.07, 6.45) is 8.62. The average molecular weight is 175 g/mol. The minimum Gasteiger partial charge on any atom is -0.349 e. The van der Waals surface area contributed by atoms with Gasteiger partial charge in [-0.25, -0.2) is 4.98 Å². The molecule has 1 aromatic heterocycles. The molecule has 0 spiro atoms. The van der Waals surface area contributed by atoms with Gasteiger partial charge in [0, 0.05) is 18.8 Å². The van der Waals surface area contributed by atoms with Gasteiger partial charge in [-0.15, -0.1) is 12.4 Å². The Balaban J connectivity index is 0.000001000. The van der Waals surface area contributed by atoms with Crippen LogP contribution in [-0.4, -0.2) is 9.97 Å². The van der Waals surface area contributed by atoms with Gasteiger partial charge in [-0.3, -0.25) is 0 Å². The first-order valence-corrected chi connectivity index (χ1v) is 3.91. The lowest BCUT2D eigenvalue weighted by molar-refractivity contribution is 0.699. The molecule has 2 nitrogen and oxygen atoms in total. The Labute approximate surface area is 73.8 Å². The molecule has 0 radical (unpaired) electrons. The lowest BCUT2D eigenvalue weighted by Gasteiger charge is -1.93. The fourth-order valence-corrected chi connectivity index (χ4v) is 0.977. The SMILES string of the molecule is CCCCCc1ncc[nH]1.Cl. The molecule has 3 heteroatoms. The number of aromatic amines is 1. The van der Waals surface area contributed by atoms with Gasteiger partial charge in [-0.2, -0.15) is 0 Å². The Hall–Kier alpha value is -0.500. The van der Waals surface area contributed by atoms with E-state index in [0.29, 0.717) is 0 Å². The van der Waals surface area contributed by atoms with Crippen molar-refractivity contribution in [1.29, 1.82) is 0 Å². The van der Waals surface area contributed by atoms with Gasteiger partial charge in [0.15, 0.2) is 0 Å². The van der Waals surface area contributed by atoms with Crippen LogP contribution >= 0.6 is 12.4 Å². The third-order valence-electron chi connectivity index (χ3n) is 1.57. The third-order valence-corrected chi connectivity index (χ3v) is 1.57. The van der Waals surface area contributed by atoms with Crippen LogP contribution in [0.1, 0.15) is 32.0 Å². The van der Waals surface area contributed by atoms with E-state index in [-0.39, 0.29) is 12.4 Å². The molecule has 0 atom stereocenters. The van der Waals surface area contributed by atoms with Crippen molar-refractivity contribution in [3.8, 4) is 0 Å². The number of unbranched alkanes of at least 4 members (excludes halogenated alkanes) is 2. The largest absolute Gasteiger partial charge is 0.349 e. The zero-order chi connectivity index (χ0) is 7.23. The fraction of sp³-hybridized carbons (Fsp3) is 0.625. The Kier molecular flexibility index (Phi) is 5.94. The molecular weight excluding hydrogens is 160 g/mol. The first-order valence-electron chi connectivity index (χ1n) is 3.91. The first-order chi connectivity index (χ1) is 4.93. The summed E-state index contributed by atoms with van der Waals surface area (Å²) in [5.74, 6) is 1.12. The van der Waals surface area contributed by atoms with E-state index in [1.54, 1.807) is 6.20 Å². The van der Waals surface area contributed by atoms with Crippen LogP contribution in [0.15, 0.2) is 12.4 Å². The maximum Gasteiger partial charge on any atom is 0.105 e. The summed E-state index contributed by atoms with van der Waals surface area (Å²) in [5, 5.41) is 0. The molecule has 1 aromatic rings. The van der Waals surface area contributed by atoms with E-state index in [0.717, 1.165) is 12.2 Å². The Morgan fingerprint density at radius 1 is 1.45 bits per heavy atom. The van der Waals surface area contributed by atoms with E-state index >= 15 is 0 Å². The number of hydrogen-bond donors (Lipinski definition) is 1. The predicted molar refractivity (Wildman–Crippen MR) is 49.1 cm³/mol. The van der Waals surface area contributed by atoms with Gasteiger partial charge < -0.3 is 4.98 Å². The summed E-state index contributed by atoms with van der Waals surface area (Å²) in [6, 6.07) is 0. The van der Waals surface area contributed by atoms with Gasteiger partial charge in [0.25, 0.3) is 0 Å². The summed E-state index contributed by atoms with van der Waals surface area (Å²) < 4.78 is 0.